The number of anilines is 1. The predicted molar refractivity (Wildman–Crippen MR) is 79.3 cm³/mol. The van der Waals surface area contributed by atoms with Crippen molar-refractivity contribution in [2.45, 2.75) is 32.5 Å². The SMILES string of the molecule is CC(C)c1cccc(NCc2ccccc2C(F)(F)F)c1. The smallest absolute Gasteiger partial charge is 0.381 e. The van der Waals surface area contributed by atoms with Crippen LogP contribution in [0.15, 0.2) is 48.5 Å². The second-order valence-corrected chi connectivity index (χ2v) is 5.29. The van der Waals surface area contributed by atoms with E-state index in [1.165, 1.54) is 12.1 Å². The Kier molecular flexibility index (Phi) is 4.56. The van der Waals surface area contributed by atoms with Gasteiger partial charge in [-0.25, -0.2) is 0 Å². The van der Waals surface area contributed by atoms with E-state index in [0.29, 0.717) is 5.92 Å². The van der Waals surface area contributed by atoms with Crippen molar-refractivity contribution in [1.29, 1.82) is 0 Å². The van der Waals surface area contributed by atoms with Gasteiger partial charge in [-0.2, -0.15) is 13.2 Å². The molecule has 0 heterocycles. The van der Waals surface area contributed by atoms with Gasteiger partial charge >= 0.3 is 6.18 Å². The van der Waals surface area contributed by atoms with Gasteiger partial charge in [0.2, 0.25) is 0 Å². The summed E-state index contributed by atoms with van der Waals surface area (Å²) in [4.78, 5) is 0. The maximum absolute atomic E-state index is 12.9. The molecule has 2 aromatic rings. The van der Waals surface area contributed by atoms with Crippen molar-refractivity contribution >= 4 is 5.69 Å². The number of hydrogen-bond acceptors (Lipinski definition) is 1. The molecule has 0 amide bonds. The van der Waals surface area contributed by atoms with Gasteiger partial charge in [0.05, 0.1) is 5.56 Å². The highest BCUT2D eigenvalue weighted by Gasteiger charge is 2.32. The normalized spacial score (nSPS) is 11.7. The molecule has 1 N–H and O–H groups in total. The molecule has 0 aliphatic carbocycles. The van der Waals surface area contributed by atoms with Crippen LogP contribution in [0.1, 0.15) is 36.5 Å². The zero-order chi connectivity index (χ0) is 15.5. The van der Waals surface area contributed by atoms with Crippen molar-refractivity contribution in [1.82, 2.24) is 0 Å². The third-order valence-corrected chi connectivity index (χ3v) is 3.36. The van der Waals surface area contributed by atoms with Crippen LogP contribution in [-0.2, 0) is 12.7 Å². The number of hydrogen-bond donors (Lipinski definition) is 1. The third kappa shape index (κ3) is 4.00. The molecule has 0 aliphatic rings. The predicted octanol–water partition coefficient (Wildman–Crippen LogP) is 5.44. The van der Waals surface area contributed by atoms with Crippen molar-refractivity contribution in [3.05, 3.63) is 65.2 Å². The highest BCUT2D eigenvalue weighted by atomic mass is 19.4. The average molecular weight is 293 g/mol. The van der Waals surface area contributed by atoms with E-state index < -0.39 is 11.7 Å². The number of nitrogens with one attached hydrogen (secondary N) is 1. The molecular weight excluding hydrogens is 275 g/mol. The topological polar surface area (TPSA) is 12.0 Å². The van der Waals surface area contributed by atoms with Gasteiger partial charge in [-0.1, -0.05) is 44.2 Å². The van der Waals surface area contributed by atoms with Crippen LogP contribution >= 0.6 is 0 Å². The second kappa shape index (κ2) is 6.20. The second-order valence-electron chi connectivity index (χ2n) is 5.29. The summed E-state index contributed by atoms with van der Waals surface area (Å²) in [5, 5.41) is 3.07. The van der Waals surface area contributed by atoms with Gasteiger partial charge in [-0.3, -0.25) is 0 Å². The highest BCUT2D eigenvalue weighted by molar-refractivity contribution is 5.47. The van der Waals surface area contributed by atoms with E-state index in [0.717, 1.165) is 17.3 Å². The van der Waals surface area contributed by atoms with E-state index in [4.69, 9.17) is 0 Å². The maximum Gasteiger partial charge on any atom is 0.416 e. The lowest BCUT2D eigenvalue weighted by molar-refractivity contribution is -0.138. The average Bonchev–Trinajstić information content (AvgIpc) is 2.45. The quantitative estimate of drug-likeness (QED) is 0.791. The number of alkyl halides is 3. The zero-order valence-electron chi connectivity index (χ0n) is 12.0. The van der Waals surface area contributed by atoms with Gasteiger partial charge in [0, 0.05) is 12.2 Å². The van der Waals surface area contributed by atoms with E-state index in [1.807, 2.05) is 24.3 Å². The van der Waals surface area contributed by atoms with Crippen molar-refractivity contribution in [3.8, 4) is 0 Å². The molecule has 0 aliphatic heterocycles. The monoisotopic (exact) mass is 293 g/mol. The van der Waals surface area contributed by atoms with E-state index in [2.05, 4.69) is 19.2 Å². The standard InChI is InChI=1S/C17H18F3N/c1-12(2)13-7-5-8-15(10-13)21-11-14-6-3-4-9-16(14)17(18,19)20/h3-10,12,21H,11H2,1-2H3. The lowest BCUT2D eigenvalue weighted by Gasteiger charge is -2.14. The largest absolute Gasteiger partial charge is 0.416 e. The molecule has 0 atom stereocenters. The molecule has 0 unspecified atom stereocenters. The molecule has 0 bridgehead atoms. The van der Waals surface area contributed by atoms with Crippen LogP contribution in [0.25, 0.3) is 0 Å². The summed E-state index contributed by atoms with van der Waals surface area (Å²) in [6.07, 6.45) is -4.32. The maximum atomic E-state index is 12.9. The molecule has 2 aromatic carbocycles. The minimum absolute atomic E-state index is 0.150. The molecule has 112 valence electrons. The van der Waals surface area contributed by atoms with Gasteiger partial charge in [0.1, 0.15) is 0 Å². The van der Waals surface area contributed by atoms with E-state index in [-0.39, 0.29) is 12.1 Å². The lowest BCUT2D eigenvalue weighted by atomic mass is 10.0. The molecule has 0 saturated carbocycles. The van der Waals surface area contributed by atoms with Crippen molar-refractivity contribution in [2.24, 2.45) is 0 Å². The van der Waals surface area contributed by atoms with Crippen LogP contribution in [0.2, 0.25) is 0 Å². The minimum atomic E-state index is -4.32. The van der Waals surface area contributed by atoms with Crippen LogP contribution in [0.3, 0.4) is 0 Å². The Bertz CT molecular complexity index is 603. The van der Waals surface area contributed by atoms with Crippen LogP contribution < -0.4 is 5.32 Å². The van der Waals surface area contributed by atoms with Crippen LogP contribution in [0.5, 0.6) is 0 Å². The van der Waals surface area contributed by atoms with Gasteiger partial charge in [-0.15, -0.1) is 0 Å². The molecule has 21 heavy (non-hydrogen) atoms. The Hall–Kier alpha value is -1.97. The van der Waals surface area contributed by atoms with E-state index in [9.17, 15) is 13.2 Å². The fourth-order valence-corrected chi connectivity index (χ4v) is 2.16. The first-order valence-electron chi connectivity index (χ1n) is 6.87. The fraction of sp³-hybridized carbons (Fsp3) is 0.294. The number of rotatable bonds is 4. The first-order chi connectivity index (χ1) is 9.88. The number of benzene rings is 2. The Morgan fingerprint density at radius 1 is 1.00 bits per heavy atom. The summed E-state index contributed by atoms with van der Waals surface area (Å²) in [6.45, 7) is 4.31. The first-order valence-corrected chi connectivity index (χ1v) is 6.87. The molecule has 0 spiro atoms. The summed E-state index contributed by atoms with van der Waals surface area (Å²) in [5.41, 5.74) is 1.65. The molecule has 0 saturated heterocycles. The molecule has 2 rings (SSSR count). The van der Waals surface area contributed by atoms with E-state index in [1.54, 1.807) is 6.07 Å². The van der Waals surface area contributed by atoms with Gasteiger partial charge in [0.25, 0.3) is 0 Å². The molecule has 4 heteroatoms. The Morgan fingerprint density at radius 2 is 1.71 bits per heavy atom. The molecule has 1 nitrogen and oxygen atoms in total. The summed E-state index contributed by atoms with van der Waals surface area (Å²) < 4.78 is 38.7. The molecule has 0 fully saturated rings. The summed E-state index contributed by atoms with van der Waals surface area (Å²) in [7, 11) is 0. The minimum Gasteiger partial charge on any atom is -0.381 e. The summed E-state index contributed by atoms with van der Waals surface area (Å²) in [6, 6.07) is 13.4. The van der Waals surface area contributed by atoms with Crippen molar-refractivity contribution in [3.63, 3.8) is 0 Å². The molecular formula is C17H18F3N. The Morgan fingerprint density at radius 3 is 2.38 bits per heavy atom. The zero-order valence-corrected chi connectivity index (χ0v) is 12.0. The van der Waals surface area contributed by atoms with Crippen LogP contribution in [0.4, 0.5) is 18.9 Å². The molecule has 0 radical (unpaired) electrons. The van der Waals surface area contributed by atoms with Gasteiger partial charge in [-0.05, 0) is 35.2 Å². The van der Waals surface area contributed by atoms with Gasteiger partial charge in [0.15, 0.2) is 0 Å². The highest BCUT2D eigenvalue weighted by Crippen LogP contribution is 2.32. The van der Waals surface area contributed by atoms with Crippen molar-refractivity contribution in [2.75, 3.05) is 5.32 Å². The number of halogens is 3. The lowest BCUT2D eigenvalue weighted by Crippen LogP contribution is -2.11. The van der Waals surface area contributed by atoms with Crippen LogP contribution in [-0.4, -0.2) is 0 Å². The van der Waals surface area contributed by atoms with Crippen LogP contribution in [0, 0.1) is 0 Å². The summed E-state index contributed by atoms with van der Waals surface area (Å²) >= 11 is 0. The summed E-state index contributed by atoms with van der Waals surface area (Å²) in [5.74, 6) is 0.384. The first kappa shape index (κ1) is 15.4. The molecule has 0 aromatic heterocycles. The van der Waals surface area contributed by atoms with Gasteiger partial charge < -0.3 is 5.32 Å². The Labute approximate surface area is 122 Å². The Balaban J connectivity index is 2.16. The van der Waals surface area contributed by atoms with Crippen molar-refractivity contribution < 1.29 is 13.2 Å². The fourth-order valence-electron chi connectivity index (χ4n) is 2.16. The van der Waals surface area contributed by atoms with E-state index >= 15 is 0 Å². The third-order valence-electron chi connectivity index (χ3n) is 3.36.